The topological polar surface area (TPSA) is 38.7 Å². The van der Waals surface area contributed by atoms with E-state index in [0.717, 1.165) is 50.0 Å². The predicted octanol–water partition coefficient (Wildman–Crippen LogP) is 3.39. The number of ether oxygens (including phenoxy) is 2. The SMILES string of the molecule is CC1(C)Cc2cccc(C(O)CCC3CCCO3)c2O1. The van der Waals surface area contributed by atoms with E-state index in [0.29, 0.717) is 6.10 Å². The van der Waals surface area contributed by atoms with Crippen molar-refractivity contribution in [2.24, 2.45) is 0 Å². The first kappa shape index (κ1) is 13.9. The normalized spacial score (nSPS) is 25.2. The molecule has 3 rings (SSSR count). The highest BCUT2D eigenvalue weighted by molar-refractivity contribution is 5.46. The van der Waals surface area contributed by atoms with Gasteiger partial charge in [-0.15, -0.1) is 0 Å². The molecule has 2 unspecified atom stereocenters. The minimum Gasteiger partial charge on any atom is -0.487 e. The van der Waals surface area contributed by atoms with E-state index in [1.165, 1.54) is 5.56 Å². The van der Waals surface area contributed by atoms with Crippen LogP contribution in [0.15, 0.2) is 18.2 Å². The Balaban J connectivity index is 1.69. The van der Waals surface area contributed by atoms with Gasteiger partial charge >= 0.3 is 0 Å². The number of benzene rings is 1. The number of rotatable bonds is 4. The Morgan fingerprint density at radius 2 is 2.25 bits per heavy atom. The molecular weight excluding hydrogens is 252 g/mol. The first-order chi connectivity index (χ1) is 9.55. The predicted molar refractivity (Wildman–Crippen MR) is 78.0 cm³/mol. The summed E-state index contributed by atoms with van der Waals surface area (Å²) in [4.78, 5) is 0. The van der Waals surface area contributed by atoms with Crippen molar-refractivity contribution in [3.05, 3.63) is 29.3 Å². The molecule has 1 fully saturated rings. The zero-order valence-corrected chi connectivity index (χ0v) is 12.4. The lowest BCUT2D eigenvalue weighted by Gasteiger charge is -2.20. The van der Waals surface area contributed by atoms with Crippen LogP contribution in [-0.2, 0) is 11.2 Å². The molecule has 2 aliphatic rings. The molecule has 0 aliphatic carbocycles. The molecule has 0 amide bonds. The number of fused-ring (bicyclic) bond motifs is 1. The van der Waals surface area contributed by atoms with Crippen LogP contribution in [0.3, 0.4) is 0 Å². The van der Waals surface area contributed by atoms with Gasteiger partial charge in [0.05, 0.1) is 12.2 Å². The van der Waals surface area contributed by atoms with Crippen LogP contribution in [0.5, 0.6) is 5.75 Å². The van der Waals surface area contributed by atoms with Gasteiger partial charge in [0.1, 0.15) is 11.4 Å². The van der Waals surface area contributed by atoms with E-state index in [1.54, 1.807) is 0 Å². The van der Waals surface area contributed by atoms with Gasteiger partial charge in [-0.2, -0.15) is 0 Å². The number of aliphatic hydroxyl groups excluding tert-OH is 1. The van der Waals surface area contributed by atoms with Crippen molar-refractivity contribution < 1.29 is 14.6 Å². The standard InChI is InChI=1S/C17H24O3/c1-17(2)11-12-5-3-7-14(16(12)20-17)15(18)9-8-13-6-4-10-19-13/h3,5,7,13,15,18H,4,6,8-11H2,1-2H3. The van der Waals surface area contributed by atoms with Gasteiger partial charge in [-0.1, -0.05) is 18.2 Å². The van der Waals surface area contributed by atoms with Gasteiger partial charge in [-0.25, -0.2) is 0 Å². The third kappa shape index (κ3) is 2.84. The van der Waals surface area contributed by atoms with Crippen molar-refractivity contribution in [1.29, 1.82) is 0 Å². The minimum absolute atomic E-state index is 0.160. The molecule has 1 N–H and O–H groups in total. The molecule has 1 aromatic carbocycles. The van der Waals surface area contributed by atoms with Crippen LogP contribution in [0, 0.1) is 0 Å². The summed E-state index contributed by atoms with van der Waals surface area (Å²) in [5.74, 6) is 0.900. The lowest BCUT2D eigenvalue weighted by atomic mass is 9.97. The Hall–Kier alpha value is -1.06. The fraction of sp³-hybridized carbons (Fsp3) is 0.647. The van der Waals surface area contributed by atoms with E-state index < -0.39 is 6.10 Å². The highest BCUT2D eigenvalue weighted by Crippen LogP contribution is 2.41. The molecule has 0 saturated carbocycles. The highest BCUT2D eigenvalue weighted by atomic mass is 16.5. The first-order valence-corrected chi connectivity index (χ1v) is 7.66. The van der Waals surface area contributed by atoms with Gasteiger partial charge in [-0.3, -0.25) is 0 Å². The number of hydrogen-bond donors (Lipinski definition) is 1. The van der Waals surface area contributed by atoms with Crippen molar-refractivity contribution in [1.82, 2.24) is 0 Å². The molecule has 2 aliphatic heterocycles. The smallest absolute Gasteiger partial charge is 0.129 e. The van der Waals surface area contributed by atoms with Crippen LogP contribution in [0.25, 0.3) is 0 Å². The fourth-order valence-corrected chi connectivity index (χ4v) is 3.27. The Labute approximate surface area is 120 Å². The largest absolute Gasteiger partial charge is 0.487 e. The summed E-state index contributed by atoms with van der Waals surface area (Å²) in [5, 5.41) is 10.5. The second kappa shape index (κ2) is 5.38. The molecule has 0 spiro atoms. The van der Waals surface area contributed by atoms with Crippen LogP contribution >= 0.6 is 0 Å². The summed E-state index contributed by atoms with van der Waals surface area (Å²) in [5.41, 5.74) is 1.99. The molecule has 2 heterocycles. The maximum absolute atomic E-state index is 10.5. The molecule has 1 aromatic rings. The van der Waals surface area contributed by atoms with E-state index in [2.05, 4.69) is 19.9 Å². The van der Waals surface area contributed by atoms with Crippen LogP contribution in [-0.4, -0.2) is 23.4 Å². The van der Waals surface area contributed by atoms with E-state index in [4.69, 9.17) is 9.47 Å². The van der Waals surface area contributed by atoms with Gasteiger partial charge in [0.2, 0.25) is 0 Å². The summed E-state index contributed by atoms with van der Waals surface area (Å²) >= 11 is 0. The lowest BCUT2D eigenvalue weighted by molar-refractivity contribution is 0.0785. The zero-order valence-electron chi connectivity index (χ0n) is 12.4. The Kier molecular flexibility index (Phi) is 3.74. The maximum Gasteiger partial charge on any atom is 0.129 e. The summed E-state index contributed by atoms with van der Waals surface area (Å²) in [6.07, 6.45) is 4.73. The Morgan fingerprint density at radius 1 is 1.40 bits per heavy atom. The quantitative estimate of drug-likeness (QED) is 0.916. The third-order valence-corrected chi connectivity index (χ3v) is 4.27. The van der Waals surface area contributed by atoms with Crippen molar-refractivity contribution in [3.63, 3.8) is 0 Å². The van der Waals surface area contributed by atoms with Crippen molar-refractivity contribution in [3.8, 4) is 5.75 Å². The molecular formula is C17H24O3. The van der Waals surface area contributed by atoms with Crippen molar-refractivity contribution in [2.75, 3.05) is 6.61 Å². The fourth-order valence-electron chi connectivity index (χ4n) is 3.27. The van der Waals surface area contributed by atoms with Crippen molar-refractivity contribution in [2.45, 2.75) is 63.8 Å². The average Bonchev–Trinajstić information content (AvgIpc) is 3.00. The van der Waals surface area contributed by atoms with E-state index >= 15 is 0 Å². The molecule has 3 heteroatoms. The van der Waals surface area contributed by atoms with Gasteiger partial charge in [-0.05, 0) is 45.1 Å². The second-order valence-electron chi connectivity index (χ2n) is 6.60. The van der Waals surface area contributed by atoms with Crippen LogP contribution < -0.4 is 4.74 Å². The lowest BCUT2D eigenvalue weighted by Crippen LogP contribution is -2.25. The number of hydrogen-bond acceptors (Lipinski definition) is 3. The molecule has 20 heavy (non-hydrogen) atoms. The van der Waals surface area contributed by atoms with Gasteiger partial charge in [0, 0.05) is 18.6 Å². The van der Waals surface area contributed by atoms with Crippen molar-refractivity contribution >= 4 is 0 Å². The summed E-state index contributed by atoms with van der Waals surface area (Å²) < 4.78 is 11.6. The molecule has 0 radical (unpaired) electrons. The van der Waals surface area contributed by atoms with Gasteiger partial charge < -0.3 is 14.6 Å². The molecule has 3 nitrogen and oxygen atoms in total. The first-order valence-electron chi connectivity index (χ1n) is 7.66. The van der Waals surface area contributed by atoms with Gasteiger partial charge in [0.15, 0.2) is 0 Å². The summed E-state index contributed by atoms with van der Waals surface area (Å²) in [6.45, 7) is 5.06. The number of aliphatic hydroxyl groups is 1. The maximum atomic E-state index is 10.5. The van der Waals surface area contributed by atoms with E-state index in [-0.39, 0.29) is 5.60 Å². The average molecular weight is 276 g/mol. The highest BCUT2D eigenvalue weighted by Gasteiger charge is 2.33. The van der Waals surface area contributed by atoms with E-state index in [9.17, 15) is 5.11 Å². The van der Waals surface area contributed by atoms with Crippen LogP contribution in [0.4, 0.5) is 0 Å². The third-order valence-electron chi connectivity index (χ3n) is 4.27. The number of para-hydroxylation sites is 1. The second-order valence-corrected chi connectivity index (χ2v) is 6.60. The zero-order chi connectivity index (χ0) is 14.2. The van der Waals surface area contributed by atoms with Crippen LogP contribution in [0.2, 0.25) is 0 Å². The molecule has 1 saturated heterocycles. The Morgan fingerprint density at radius 3 is 3.00 bits per heavy atom. The summed E-state index contributed by atoms with van der Waals surface area (Å²) in [6, 6.07) is 6.11. The summed E-state index contributed by atoms with van der Waals surface area (Å²) in [7, 11) is 0. The van der Waals surface area contributed by atoms with Crippen LogP contribution in [0.1, 0.15) is 56.8 Å². The molecule has 0 aromatic heterocycles. The van der Waals surface area contributed by atoms with E-state index in [1.807, 2.05) is 12.1 Å². The monoisotopic (exact) mass is 276 g/mol. The molecule has 0 bridgehead atoms. The minimum atomic E-state index is -0.456. The molecule has 2 atom stereocenters. The molecule has 110 valence electrons. The van der Waals surface area contributed by atoms with Gasteiger partial charge in [0.25, 0.3) is 0 Å². The Bertz CT molecular complexity index is 475.